The fourth-order valence-electron chi connectivity index (χ4n) is 2.91. The summed E-state index contributed by atoms with van der Waals surface area (Å²) < 4.78 is 24.1. The van der Waals surface area contributed by atoms with Gasteiger partial charge in [0.1, 0.15) is 5.82 Å². The van der Waals surface area contributed by atoms with E-state index >= 15 is 0 Å². The Balaban J connectivity index is 2.16. The van der Waals surface area contributed by atoms with Gasteiger partial charge in [0.05, 0.1) is 31.7 Å². The van der Waals surface area contributed by atoms with Gasteiger partial charge in [0.25, 0.3) is 0 Å². The van der Waals surface area contributed by atoms with Crippen LogP contribution < -0.4 is 10.6 Å². The number of rotatable bonds is 4. The van der Waals surface area contributed by atoms with E-state index in [0.29, 0.717) is 22.0 Å². The van der Waals surface area contributed by atoms with Crippen LogP contribution in [0.3, 0.4) is 0 Å². The number of aliphatic imine (C=N–C) groups is 1. The van der Waals surface area contributed by atoms with Gasteiger partial charge in [-0.25, -0.2) is 14.0 Å². The molecule has 0 spiro atoms. The maximum atomic E-state index is 14.5. The number of esters is 1. The number of halogens is 2. The smallest absolute Gasteiger partial charge is 0.411 e. The maximum Gasteiger partial charge on any atom is 0.411 e. The lowest BCUT2D eigenvalue weighted by molar-refractivity contribution is -0.136. The molecule has 7 nitrogen and oxygen atoms in total. The summed E-state index contributed by atoms with van der Waals surface area (Å²) in [6.07, 6.45) is -0.814. The molecule has 0 atom stereocenters. The molecular weight excluding hydrogens is 413 g/mol. The van der Waals surface area contributed by atoms with Crippen LogP contribution in [0.25, 0.3) is 0 Å². The van der Waals surface area contributed by atoms with Crippen LogP contribution in [0, 0.1) is 5.82 Å². The molecule has 0 saturated heterocycles. The predicted octanol–water partition coefficient (Wildman–Crippen LogP) is 3.87. The number of hydrogen-bond acceptors (Lipinski definition) is 6. The minimum Gasteiger partial charge on any atom is -0.464 e. The molecule has 0 aromatic heterocycles. The van der Waals surface area contributed by atoms with E-state index in [1.165, 1.54) is 13.2 Å². The lowest BCUT2D eigenvalue weighted by Gasteiger charge is -2.15. The topological polar surface area (TPSA) is 89.0 Å². The molecule has 9 heteroatoms. The second-order valence-electron chi connectivity index (χ2n) is 6.15. The van der Waals surface area contributed by atoms with Crippen LogP contribution in [-0.2, 0) is 14.3 Å². The third-order valence-electron chi connectivity index (χ3n) is 4.24. The van der Waals surface area contributed by atoms with E-state index in [2.05, 4.69) is 15.6 Å². The average molecular weight is 432 g/mol. The Labute approximate surface area is 177 Å². The van der Waals surface area contributed by atoms with Crippen LogP contribution in [0.2, 0.25) is 5.02 Å². The molecule has 0 bridgehead atoms. The molecule has 0 unspecified atom stereocenters. The molecule has 30 heavy (non-hydrogen) atoms. The van der Waals surface area contributed by atoms with Crippen LogP contribution in [0.1, 0.15) is 18.1 Å². The molecule has 1 aliphatic heterocycles. The number of alkyl carbamates (subject to hydrolysis) is 1. The molecule has 0 fully saturated rings. The molecule has 1 amide bonds. The van der Waals surface area contributed by atoms with Crippen LogP contribution >= 0.6 is 11.6 Å². The summed E-state index contributed by atoms with van der Waals surface area (Å²) in [5, 5.41) is 5.90. The first-order chi connectivity index (χ1) is 14.4. The molecule has 3 rings (SSSR count). The zero-order valence-electron chi connectivity index (χ0n) is 16.3. The molecule has 0 radical (unpaired) electrons. The van der Waals surface area contributed by atoms with Gasteiger partial charge >= 0.3 is 12.1 Å². The van der Waals surface area contributed by atoms with Crippen LogP contribution in [0.15, 0.2) is 58.9 Å². The Kier molecular flexibility index (Phi) is 6.68. The van der Waals surface area contributed by atoms with Gasteiger partial charge in [-0.05, 0) is 37.3 Å². The number of methoxy groups -OCH3 is 1. The Bertz CT molecular complexity index is 1050. The second-order valence-corrected chi connectivity index (χ2v) is 6.59. The minimum absolute atomic E-state index is 0.0627. The van der Waals surface area contributed by atoms with E-state index in [0.717, 1.165) is 0 Å². The number of ether oxygens (including phenoxy) is 2. The highest BCUT2D eigenvalue weighted by Gasteiger charge is 2.25. The Hall–Kier alpha value is -3.39. The van der Waals surface area contributed by atoms with E-state index in [1.807, 2.05) is 0 Å². The van der Waals surface area contributed by atoms with Crippen molar-refractivity contribution >= 4 is 35.1 Å². The van der Waals surface area contributed by atoms with Crippen molar-refractivity contribution in [3.8, 4) is 0 Å². The highest BCUT2D eigenvalue weighted by molar-refractivity contribution is 6.31. The summed E-state index contributed by atoms with van der Waals surface area (Å²) in [4.78, 5) is 28.7. The number of hydrogen-bond donors (Lipinski definition) is 2. The molecule has 156 valence electrons. The number of anilines is 1. The highest BCUT2D eigenvalue weighted by atomic mass is 35.5. The molecule has 0 saturated carbocycles. The van der Waals surface area contributed by atoms with Gasteiger partial charge < -0.3 is 14.8 Å². The number of benzene rings is 2. The first-order valence-electron chi connectivity index (χ1n) is 9.06. The average Bonchev–Trinajstić information content (AvgIpc) is 2.91. The minimum atomic E-state index is -0.814. The van der Waals surface area contributed by atoms with Crippen molar-refractivity contribution < 1.29 is 23.5 Å². The summed E-state index contributed by atoms with van der Waals surface area (Å²) >= 11 is 6.16. The molecule has 0 aliphatic carbocycles. The zero-order chi connectivity index (χ0) is 21.7. The van der Waals surface area contributed by atoms with Crippen LogP contribution in [0.4, 0.5) is 14.9 Å². The summed E-state index contributed by atoms with van der Waals surface area (Å²) in [5.41, 5.74) is 1.81. The van der Waals surface area contributed by atoms with Crippen molar-refractivity contribution in [1.29, 1.82) is 0 Å². The first-order valence-corrected chi connectivity index (χ1v) is 9.44. The number of nitrogens with zero attached hydrogens (tertiary/aromatic N) is 1. The van der Waals surface area contributed by atoms with Gasteiger partial charge in [0.2, 0.25) is 0 Å². The third-order valence-corrected chi connectivity index (χ3v) is 4.48. The summed E-state index contributed by atoms with van der Waals surface area (Å²) in [5.74, 6) is -1.24. The van der Waals surface area contributed by atoms with Gasteiger partial charge in [0, 0.05) is 21.8 Å². The standard InChI is InChI=1S/C21H19ClFN3O4/c1-3-30-21(28)26-19(20(27)29-2)17-11-24-18(13-6-4-5-7-15(13)23)14-10-12(22)8-9-16(14)25-17/h4-10,25H,3,11H2,1-2H3,(H,26,28). The molecular formula is C21H19ClFN3O4. The van der Waals surface area contributed by atoms with Gasteiger partial charge in [-0.1, -0.05) is 23.7 Å². The van der Waals surface area contributed by atoms with Gasteiger partial charge in [-0.2, -0.15) is 0 Å². The fourth-order valence-corrected chi connectivity index (χ4v) is 3.08. The lowest BCUT2D eigenvalue weighted by Crippen LogP contribution is -2.32. The number of benzodiazepines with no additional fused rings is 1. The summed E-state index contributed by atoms with van der Waals surface area (Å²) in [6.45, 7) is 1.70. The molecule has 2 aromatic rings. The van der Waals surface area contributed by atoms with E-state index in [-0.39, 0.29) is 30.1 Å². The van der Waals surface area contributed by atoms with Gasteiger partial charge in [-0.15, -0.1) is 0 Å². The largest absolute Gasteiger partial charge is 0.464 e. The van der Waals surface area contributed by atoms with Crippen molar-refractivity contribution in [1.82, 2.24) is 5.32 Å². The van der Waals surface area contributed by atoms with Crippen LogP contribution in [-0.4, -0.2) is 38.0 Å². The van der Waals surface area contributed by atoms with E-state index in [9.17, 15) is 14.0 Å². The quantitative estimate of drug-likeness (QED) is 0.566. The summed E-state index contributed by atoms with van der Waals surface area (Å²) in [6, 6.07) is 11.2. The normalized spacial score (nSPS) is 14.5. The van der Waals surface area contributed by atoms with Crippen LogP contribution in [0.5, 0.6) is 0 Å². The van der Waals surface area contributed by atoms with Gasteiger partial charge in [-0.3, -0.25) is 10.3 Å². The number of carbonyl (C=O) groups excluding carboxylic acids is 2. The Morgan fingerprint density at radius 3 is 2.70 bits per heavy atom. The SMILES string of the molecule is CCOC(=O)NC(C(=O)OC)=C1CN=C(c2ccccc2F)c2cc(Cl)ccc2N1. The summed E-state index contributed by atoms with van der Waals surface area (Å²) in [7, 11) is 1.19. The fraction of sp³-hybridized carbons (Fsp3) is 0.190. The molecule has 2 N–H and O–H groups in total. The van der Waals surface area contributed by atoms with E-state index < -0.39 is 17.9 Å². The monoisotopic (exact) mass is 431 g/mol. The number of amides is 1. The highest BCUT2D eigenvalue weighted by Crippen LogP contribution is 2.29. The molecule has 1 aliphatic rings. The van der Waals surface area contributed by atoms with E-state index in [1.54, 1.807) is 43.3 Å². The number of carbonyl (C=O) groups is 2. The number of fused-ring (bicyclic) bond motifs is 1. The predicted molar refractivity (Wildman–Crippen MR) is 111 cm³/mol. The van der Waals surface area contributed by atoms with E-state index in [4.69, 9.17) is 21.1 Å². The first kappa shape index (κ1) is 21.3. The Morgan fingerprint density at radius 2 is 2.00 bits per heavy atom. The maximum absolute atomic E-state index is 14.5. The van der Waals surface area contributed by atoms with Crippen molar-refractivity contribution in [3.05, 3.63) is 75.8 Å². The third kappa shape index (κ3) is 4.60. The Morgan fingerprint density at radius 1 is 1.23 bits per heavy atom. The van der Waals surface area contributed by atoms with Crippen molar-refractivity contribution in [3.63, 3.8) is 0 Å². The van der Waals surface area contributed by atoms with Crippen molar-refractivity contribution in [2.45, 2.75) is 6.92 Å². The van der Waals surface area contributed by atoms with Gasteiger partial charge in [0.15, 0.2) is 5.70 Å². The molecule has 2 aromatic carbocycles. The van der Waals surface area contributed by atoms with Crippen molar-refractivity contribution in [2.24, 2.45) is 4.99 Å². The molecule has 1 heterocycles. The van der Waals surface area contributed by atoms with Crippen molar-refractivity contribution in [2.75, 3.05) is 25.6 Å². The second kappa shape index (κ2) is 9.41. The zero-order valence-corrected chi connectivity index (χ0v) is 17.0. The lowest BCUT2D eigenvalue weighted by atomic mass is 10.00. The number of nitrogens with one attached hydrogen (secondary N) is 2.